The standard InChI is InChI=1S/C15H20N2O3S/c1-12-10-13-6-3-4-7-14(13)17(12)11-15(18)16-8-5-9-21(2,19)20/h3-4,6-7,10H,5,8-9,11H2,1-2H3,(H,16,18). The SMILES string of the molecule is Cc1cc2ccccc2n1CC(=O)NCCCS(C)(=O)=O. The highest BCUT2D eigenvalue weighted by Gasteiger charge is 2.09. The van der Waals surface area contributed by atoms with Crippen LogP contribution in [0.3, 0.4) is 0 Å². The Morgan fingerprint density at radius 2 is 2.00 bits per heavy atom. The van der Waals surface area contributed by atoms with E-state index in [1.54, 1.807) is 0 Å². The van der Waals surface area contributed by atoms with Gasteiger partial charge in [0.25, 0.3) is 0 Å². The van der Waals surface area contributed by atoms with Crippen LogP contribution in [0.25, 0.3) is 10.9 Å². The molecule has 1 amide bonds. The number of aryl methyl sites for hydroxylation is 1. The fourth-order valence-corrected chi connectivity index (χ4v) is 2.99. The third kappa shape index (κ3) is 4.32. The molecule has 2 aromatic rings. The maximum atomic E-state index is 11.9. The molecule has 21 heavy (non-hydrogen) atoms. The van der Waals surface area contributed by atoms with Gasteiger partial charge >= 0.3 is 0 Å². The molecular formula is C15H20N2O3S. The largest absolute Gasteiger partial charge is 0.355 e. The molecule has 0 saturated heterocycles. The maximum Gasteiger partial charge on any atom is 0.239 e. The quantitative estimate of drug-likeness (QED) is 0.822. The van der Waals surface area contributed by atoms with E-state index >= 15 is 0 Å². The Balaban J connectivity index is 1.94. The molecule has 0 aliphatic carbocycles. The summed E-state index contributed by atoms with van der Waals surface area (Å²) in [7, 11) is -2.96. The molecule has 0 saturated carbocycles. The zero-order valence-electron chi connectivity index (χ0n) is 12.3. The summed E-state index contributed by atoms with van der Waals surface area (Å²) in [4.78, 5) is 11.9. The number of carbonyl (C=O) groups is 1. The van der Waals surface area contributed by atoms with Crippen LogP contribution < -0.4 is 5.32 Å². The molecule has 1 aromatic heterocycles. The van der Waals surface area contributed by atoms with Crippen LogP contribution in [0.1, 0.15) is 12.1 Å². The molecule has 1 aromatic carbocycles. The van der Waals surface area contributed by atoms with Crippen molar-refractivity contribution in [2.45, 2.75) is 19.9 Å². The summed E-state index contributed by atoms with van der Waals surface area (Å²) in [5.41, 5.74) is 2.06. The van der Waals surface area contributed by atoms with E-state index in [9.17, 15) is 13.2 Å². The van der Waals surface area contributed by atoms with E-state index < -0.39 is 9.84 Å². The smallest absolute Gasteiger partial charge is 0.239 e. The molecule has 0 atom stereocenters. The molecule has 1 heterocycles. The average molecular weight is 308 g/mol. The van der Waals surface area contributed by atoms with Gasteiger partial charge in [-0.1, -0.05) is 18.2 Å². The van der Waals surface area contributed by atoms with Crippen LogP contribution in [-0.4, -0.2) is 37.4 Å². The second-order valence-electron chi connectivity index (χ2n) is 5.26. The Bertz CT molecular complexity index is 747. The number of hydrogen-bond donors (Lipinski definition) is 1. The van der Waals surface area contributed by atoms with E-state index in [1.165, 1.54) is 6.26 Å². The number of sulfone groups is 1. The normalized spacial score (nSPS) is 11.7. The summed E-state index contributed by atoms with van der Waals surface area (Å²) in [6, 6.07) is 9.97. The summed E-state index contributed by atoms with van der Waals surface area (Å²) in [6.07, 6.45) is 1.64. The Hall–Kier alpha value is -1.82. The van der Waals surface area contributed by atoms with Crippen molar-refractivity contribution in [1.29, 1.82) is 0 Å². The van der Waals surface area contributed by atoms with Crippen LogP contribution >= 0.6 is 0 Å². The zero-order valence-corrected chi connectivity index (χ0v) is 13.1. The fraction of sp³-hybridized carbons (Fsp3) is 0.400. The number of benzene rings is 1. The van der Waals surface area contributed by atoms with Crippen molar-refractivity contribution in [3.8, 4) is 0 Å². The van der Waals surface area contributed by atoms with Gasteiger partial charge in [-0.3, -0.25) is 4.79 Å². The lowest BCUT2D eigenvalue weighted by Gasteiger charge is -2.09. The first-order chi connectivity index (χ1) is 9.87. The van der Waals surface area contributed by atoms with E-state index in [-0.39, 0.29) is 18.2 Å². The molecule has 114 valence electrons. The van der Waals surface area contributed by atoms with Crippen LogP contribution in [-0.2, 0) is 21.2 Å². The molecule has 0 radical (unpaired) electrons. The first kappa shape index (κ1) is 15.6. The van der Waals surface area contributed by atoms with Gasteiger partial charge in [0, 0.05) is 24.0 Å². The van der Waals surface area contributed by atoms with Crippen molar-refractivity contribution in [3.05, 3.63) is 36.0 Å². The number of rotatable bonds is 6. The van der Waals surface area contributed by atoms with Gasteiger partial charge in [-0.25, -0.2) is 8.42 Å². The van der Waals surface area contributed by atoms with Crippen molar-refractivity contribution < 1.29 is 13.2 Å². The minimum Gasteiger partial charge on any atom is -0.355 e. The first-order valence-electron chi connectivity index (χ1n) is 6.86. The second kappa shape index (κ2) is 6.30. The molecule has 0 unspecified atom stereocenters. The van der Waals surface area contributed by atoms with Gasteiger partial charge in [0.1, 0.15) is 16.4 Å². The number of para-hydroxylation sites is 1. The zero-order chi connectivity index (χ0) is 15.5. The molecule has 0 spiro atoms. The topological polar surface area (TPSA) is 68.2 Å². The van der Waals surface area contributed by atoms with E-state index in [4.69, 9.17) is 0 Å². The van der Waals surface area contributed by atoms with Crippen LogP contribution in [0, 0.1) is 6.92 Å². The number of carbonyl (C=O) groups excluding carboxylic acids is 1. The van der Waals surface area contributed by atoms with Crippen LogP contribution in [0.5, 0.6) is 0 Å². The van der Waals surface area contributed by atoms with Crippen molar-refractivity contribution in [2.24, 2.45) is 0 Å². The second-order valence-corrected chi connectivity index (χ2v) is 7.52. The third-order valence-corrected chi connectivity index (χ3v) is 4.36. The molecule has 2 rings (SSSR count). The van der Waals surface area contributed by atoms with Gasteiger partial charge in [-0.15, -0.1) is 0 Å². The lowest BCUT2D eigenvalue weighted by molar-refractivity contribution is -0.121. The maximum absolute atomic E-state index is 11.9. The van der Waals surface area contributed by atoms with E-state index in [1.807, 2.05) is 41.8 Å². The van der Waals surface area contributed by atoms with Crippen LogP contribution in [0.15, 0.2) is 30.3 Å². The molecule has 6 heteroatoms. The molecule has 0 bridgehead atoms. The Morgan fingerprint density at radius 1 is 1.29 bits per heavy atom. The van der Waals surface area contributed by atoms with Gasteiger partial charge < -0.3 is 9.88 Å². The minimum absolute atomic E-state index is 0.0960. The number of aromatic nitrogens is 1. The summed E-state index contributed by atoms with van der Waals surface area (Å²) >= 11 is 0. The van der Waals surface area contributed by atoms with Gasteiger partial charge in [0.05, 0.1) is 5.75 Å². The first-order valence-corrected chi connectivity index (χ1v) is 8.92. The lowest BCUT2D eigenvalue weighted by atomic mass is 10.2. The highest BCUT2D eigenvalue weighted by molar-refractivity contribution is 7.90. The van der Waals surface area contributed by atoms with E-state index in [0.717, 1.165) is 16.6 Å². The molecule has 0 aliphatic rings. The Morgan fingerprint density at radius 3 is 2.71 bits per heavy atom. The van der Waals surface area contributed by atoms with Crippen molar-refractivity contribution in [2.75, 3.05) is 18.6 Å². The number of amides is 1. The van der Waals surface area contributed by atoms with Gasteiger partial charge in [0.2, 0.25) is 5.91 Å². The highest BCUT2D eigenvalue weighted by atomic mass is 32.2. The Labute approximate surface area is 124 Å². The predicted octanol–water partition coefficient (Wildman–Crippen LogP) is 1.50. The molecule has 1 N–H and O–H groups in total. The summed E-state index contributed by atoms with van der Waals surface area (Å²) < 4.78 is 24.0. The third-order valence-electron chi connectivity index (χ3n) is 3.33. The van der Waals surface area contributed by atoms with Crippen LogP contribution in [0.4, 0.5) is 0 Å². The molecule has 0 aliphatic heterocycles. The number of nitrogens with zero attached hydrogens (tertiary/aromatic N) is 1. The van der Waals surface area contributed by atoms with Gasteiger partial charge in [-0.2, -0.15) is 0 Å². The number of fused-ring (bicyclic) bond motifs is 1. The summed E-state index contributed by atoms with van der Waals surface area (Å²) in [6.45, 7) is 2.60. The molecule has 5 nitrogen and oxygen atoms in total. The van der Waals surface area contributed by atoms with Crippen molar-refractivity contribution in [1.82, 2.24) is 9.88 Å². The minimum atomic E-state index is -2.96. The average Bonchev–Trinajstić information content (AvgIpc) is 2.70. The molecule has 0 fully saturated rings. The Kier molecular flexibility index (Phi) is 4.67. The van der Waals surface area contributed by atoms with Crippen LogP contribution in [0.2, 0.25) is 0 Å². The van der Waals surface area contributed by atoms with E-state index in [0.29, 0.717) is 13.0 Å². The number of hydrogen-bond acceptors (Lipinski definition) is 3. The summed E-state index contributed by atoms with van der Waals surface area (Å²) in [5, 5.41) is 3.87. The monoisotopic (exact) mass is 308 g/mol. The molecular weight excluding hydrogens is 288 g/mol. The van der Waals surface area contributed by atoms with Crippen molar-refractivity contribution >= 4 is 26.6 Å². The number of nitrogens with one attached hydrogen (secondary N) is 1. The van der Waals surface area contributed by atoms with Gasteiger partial charge in [0.15, 0.2) is 0 Å². The van der Waals surface area contributed by atoms with Gasteiger partial charge in [-0.05, 0) is 30.9 Å². The predicted molar refractivity (Wildman–Crippen MR) is 84.0 cm³/mol. The summed E-state index contributed by atoms with van der Waals surface area (Å²) in [5.74, 6) is -0.00776. The highest BCUT2D eigenvalue weighted by Crippen LogP contribution is 2.18. The van der Waals surface area contributed by atoms with E-state index in [2.05, 4.69) is 5.32 Å². The van der Waals surface area contributed by atoms with Crippen molar-refractivity contribution in [3.63, 3.8) is 0 Å². The fourth-order valence-electron chi connectivity index (χ4n) is 2.32. The lowest BCUT2D eigenvalue weighted by Crippen LogP contribution is -2.29.